The summed E-state index contributed by atoms with van der Waals surface area (Å²) in [5, 5.41) is 9.88. The van der Waals surface area contributed by atoms with Gasteiger partial charge in [-0.05, 0) is 20.8 Å². The van der Waals surface area contributed by atoms with Crippen LogP contribution < -0.4 is 0 Å². The van der Waals surface area contributed by atoms with Gasteiger partial charge in [-0.1, -0.05) is 26.0 Å². The number of carbonyl (C=O) groups is 1. The van der Waals surface area contributed by atoms with Gasteiger partial charge >= 0.3 is 0 Å². The van der Waals surface area contributed by atoms with Gasteiger partial charge in [-0.25, -0.2) is 0 Å². The van der Waals surface area contributed by atoms with Crippen molar-refractivity contribution in [2.45, 2.75) is 40.2 Å². The summed E-state index contributed by atoms with van der Waals surface area (Å²) in [6.45, 7) is 12.1. The Kier molecular flexibility index (Phi) is 2.86. The Labute approximate surface area is 74.3 Å². The monoisotopic (exact) mass is 170 g/mol. The number of hydrogen-bond donors (Lipinski definition) is 1. The van der Waals surface area contributed by atoms with E-state index in [2.05, 4.69) is 6.58 Å². The lowest BCUT2D eigenvalue weighted by Gasteiger charge is -2.38. The third-order valence-electron chi connectivity index (χ3n) is 2.97. The zero-order valence-electron chi connectivity index (χ0n) is 8.56. The fraction of sp³-hybridized carbons (Fsp3) is 0.700. The van der Waals surface area contributed by atoms with Crippen molar-refractivity contribution in [2.24, 2.45) is 5.41 Å². The summed E-state index contributed by atoms with van der Waals surface area (Å²) in [5.41, 5.74) is -1.08. The summed E-state index contributed by atoms with van der Waals surface area (Å²) in [7, 11) is 0. The topological polar surface area (TPSA) is 37.3 Å². The summed E-state index contributed by atoms with van der Waals surface area (Å²) in [4.78, 5) is 11.1. The van der Waals surface area contributed by atoms with Crippen molar-refractivity contribution in [3.63, 3.8) is 0 Å². The van der Waals surface area contributed by atoms with Gasteiger partial charge < -0.3 is 5.11 Å². The molecule has 0 heterocycles. The molecule has 12 heavy (non-hydrogen) atoms. The lowest BCUT2D eigenvalue weighted by atomic mass is 9.70. The summed E-state index contributed by atoms with van der Waals surface area (Å²) in [6, 6.07) is 0. The van der Waals surface area contributed by atoms with Crippen molar-refractivity contribution in [3.05, 3.63) is 12.2 Å². The number of aliphatic hydroxyl groups is 1. The van der Waals surface area contributed by atoms with E-state index in [1.807, 2.05) is 20.8 Å². The molecule has 0 aliphatic carbocycles. The van der Waals surface area contributed by atoms with Gasteiger partial charge in [-0.3, -0.25) is 4.79 Å². The zero-order valence-corrected chi connectivity index (χ0v) is 8.56. The molecule has 2 heteroatoms. The second-order valence-electron chi connectivity index (χ2n) is 4.03. The van der Waals surface area contributed by atoms with Crippen LogP contribution in [0.15, 0.2) is 12.2 Å². The number of hydrogen-bond acceptors (Lipinski definition) is 2. The lowest BCUT2D eigenvalue weighted by molar-refractivity contribution is -0.142. The first kappa shape index (κ1) is 11.4. The first-order chi connectivity index (χ1) is 5.14. The molecule has 0 aliphatic heterocycles. The third kappa shape index (κ3) is 1.58. The van der Waals surface area contributed by atoms with Crippen molar-refractivity contribution >= 4 is 5.78 Å². The predicted molar refractivity (Wildman–Crippen MR) is 49.9 cm³/mol. The maximum Gasteiger partial charge on any atom is 0.161 e. The minimum atomic E-state index is -1.32. The van der Waals surface area contributed by atoms with Gasteiger partial charge in [0.05, 0.1) is 0 Å². The van der Waals surface area contributed by atoms with E-state index < -0.39 is 11.0 Å². The Morgan fingerprint density at radius 2 is 1.58 bits per heavy atom. The molecule has 0 aromatic carbocycles. The minimum Gasteiger partial charge on any atom is -0.381 e. The van der Waals surface area contributed by atoms with Crippen molar-refractivity contribution < 1.29 is 9.90 Å². The average Bonchev–Trinajstić information content (AvgIpc) is 1.86. The molecule has 1 atom stereocenters. The molecule has 0 radical (unpaired) electrons. The van der Waals surface area contributed by atoms with Crippen LogP contribution in [-0.2, 0) is 4.79 Å². The smallest absolute Gasteiger partial charge is 0.161 e. The van der Waals surface area contributed by atoms with Crippen LogP contribution in [0.4, 0.5) is 0 Å². The van der Waals surface area contributed by atoms with Gasteiger partial charge in [0.1, 0.15) is 5.60 Å². The highest BCUT2D eigenvalue weighted by molar-refractivity contribution is 5.85. The Balaban J connectivity index is 5.01. The minimum absolute atomic E-state index is 0.226. The highest BCUT2D eigenvalue weighted by Gasteiger charge is 2.43. The maximum atomic E-state index is 11.1. The molecule has 2 nitrogen and oxygen atoms in total. The standard InChI is InChI=1S/C10H18O2/c1-7(2)9(4,5)10(6,12)8(3)11/h12H,1H2,2-6H3. The Hall–Kier alpha value is -0.630. The molecule has 0 aromatic rings. The van der Waals surface area contributed by atoms with Crippen LogP contribution in [0, 0.1) is 5.41 Å². The number of carbonyl (C=O) groups excluding carboxylic acids is 1. The quantitative estimate of drug-likeness (QED) is 0.657. The molecule has 0 saturated heterocycles. The molecule has 0 saturated carbocycles. The Morgan fingerprint density at radius 3 is 1.67 bits per heavy atom. The average molecular weight is 170 g/mol. The van der Waals surface area contributed by atoms with E-state index in [-0.39, 0.29) is 5.78 Å². The summed E-state index contributed by atoms with van der Waals surface area (Å²) < 4.78 is 0. The van der Waals surface area contributed by atoms with Crippen molar-refractivity contribution in [1.29, 1.82) is 0 Å². The summed E-state index contributed by atoms with van der Waals surface area (Å²) in [6.07, 6.45) is 0. The fourth-order valence-corrected chi connectivity index (χ4v) is 0.856. The van der Waals surface area contributed by atoms with Crippen molar-refractivity contribution in [2.75, 3.05) is 0 Å². The van der Waals surface area contributed by atoms with E-state index in [0.29, 0.717) is 0 Å². The highest BCUT2D eigenvalue weighted by atomic mass is 16.3. The van der Waals surface area contributed by atoms with Gasteiger partial charge in [0.25, 0.3) is 0 Å². The van der Waals surface area contributed by atoms with Gasteiger partial charge in [0.15, 0.2) is 5.78 Å². The molecule has 70 valence electrons. The maximum absolute atomic E-state index is 11.1. The second kappa shape index (κ2) is 3.02. The summed E-state index contributed by atoms with van der Waals surface area (Å²) >= 11 is 0. The van der Waals surface area contributed by atoms with Crippen LogP contribution in [0.1, 0.15) is 34.6 Å². The molecular formula is C10H18O2. The molecule has 0 aromatic heterocycles. The molecule has 0 spiro atoms. The van der Waals surface area contributed by atoms with Crippen LogP contribution in [0.2, 0.25) is 0 Å². The predicted octanol–water partition coefficient (Wildman–Crippen LogP) is 1.93. The van der Waals surface area contributed by atoms with E-state index in [1.54, 1.807) is 0 Å². The molecule has 1 N–H and O–H groups in total. The van der Waals surface area contributed by atoms with Gasteiger partial charge in [-0.15, -0.1) is 0 Å². The van der Waals surface area contributed by atoms with Crippen LogP contribution in [-0.4, -0.2) is 16.5 Å². The van der Waals surface area contributed by atoms with Crippen LogP contribution in [0.5, 0.6) is 0 Å². The molecule has 0 bridgehead atoms. The van der Waals surface area contributed by atoms with E-state index in [4.69, 9.17) is 0 Å². The lowest BCUT2D eigenvalue weighted by Crippen LogP contribution is -2.48. The molecule has 0 aliphatic rings. The Morgan fingerprint density at radius 1 is 1.25 bits per heavy atom. The largest absolute Gasteiger partial charge is 0.381 e. The summed E-state index contributed by atoms with van der Waals surface area (Å²) in [5.74, 6) is -0.226. The van der Waals surface area contributed by atoms with E-state index in [1.165, 1.54) is 13.8 Å². The molecular weight excluding hydrogens is 152 g/mol. The van der Waals surface area contributed by atoms with Crippen LogP contribution in [0.25, 0.3) is 0 Å². The first-order valence-electron chi connectivity index (χ1n) is 4.03. The Bertz CT molecular complexity index is 188. The van der Waals surface area contributed by atoms with Gasteiger partial charge in [-0.2, -0.15) is 0 Å². The van der Waals surface area contributed by atoms with E-state index in [9.17, 15) is 9.90 Å². The zero-order chi connectivity index (χ0) is 10.2. The number of rotatable bonds is 3. The SMILES string of the molecule is C=C(C)C(C)(C)C(C)(O)C(C)=O. The molecule has 1 unspecified atom stereocenters. The number of Topliss-reactive ketones (excluding diaryl/α,β-unsaturated/α-hetero) is 1. The fourth-order valence-electron chi connectivity index (χ4n) is 0.856. The van der Waals surface area contributed by atoms with Crippen LogP contribution in [0.3, 0.4) is 0 Å². The first-order valence-corrected chi connectivity index (χ1v) is 4.03. The molecule has 0 fully saturated rings. The number of ketones is 1. The molecule has 0 rings (SSSR count). The highest BCUT2D eigenvalue weighted by Crippen LogP contribution is 2.37. The van der Waals surface area contributed by atoms with Gasteiger partial charge in [0, 0.05) is 5.41 Å². The van der Waals surface area contributed by atoms with Gasteiger partial charge in [0.2, 0.25) is 0 Å². The van der Waals surface area contributed by atoms with Crippen molar-refractivity contribution in [3.8, 4) is 0 Å². The molecule has 0 amide bonds. The second-order valence-corrected chi connectivity index (χ2v) is 4.03. The van der Waals surface area contributed by atoms with Crippen LogP contribution >= 0.6 is 0 Å². The normalized spacial score (nSPS) is 16.8. The third-order valence-corrected chi connectivity index (χ3v) is 2.97. The van der Waals surface area contributed by atoms with E-state index in [0.717, 1.165) is 5.57 Å². The van der Waals surface area contributed by atoms with E-state index >= 15 is 0 Å². The van der Waals surface area contributed by atoms with Crippen molar-refractivity contribution in [1.82, 2.24) is 0 Å².